The van der Waals surface area contributed by atoms with Gasteiger partial charge in [0.25, 0.3) is 0 Å². The lowest BCUT2D eigenvalue weighted by atomic mass is 9.94. The van der Waals surface area contributed by atoms with Crippen LogP contribution in [0.5, 0.6) is 11.5 Å². The van der Waals surface area contributed by atoms with E-state index in [1.807, 2.05) is 26.0 Å². The fourth-order valence-corrected chi connectivity index (χ4v) is 3.93. The Hall–Kier alpha value is -3.32. The first kappa shape index (κ1) is 24.3. The first-order valence-corrected chi connectivity index (χ1v) is 11.4. The Bertz CT molecular complexity index is 1100. The summed E-state index contributed by atoms with van der Waals surface area (Å²) in [5, 5.41) is 27.7. The highest BCUT2D eigenvalue weighted by atomic mass is 16.5. The quantitative estimate of drug-likeness (QED) is 0.384. The molecule has 0 aliphatic heterocycles. The Kier molecular flexibility index (Phi) is 7.76. The zero-order valence-electron chi connectivity index (χ0n) is 20.0. The van der Waals surface area contributed by atoms with Gasteiger partial charge in [-0.2, -0.15) is 0 Å². The van der Waals surface area contributed by atoms with Crippen molar-refractivity contribution in [2.75, 3.05) is 18.4 Å². The van der Waals surface area contributed by atoms with Crippen molar-refractivity contribution in [1.82, 2.24) is 10.1 Å². The van der Waals surface area contributed by atoms with E-state index in [1.54, 1.807) is 6.07 Å². The molecule has 3 rings (SSSR count). The van der Waals surface area contributed by atoms with E-state index in [2.05, 4.69) is 41.4 Å². The van der Waals surface area contributed by atoms with Crippen molar-refractivity contribution in [3.05, 3.63) is 47.5 Å². The predicted molar refractivity (Wildman–Crippen MR) is 130 cm³/mol. The molecule has 1 heterocycles. The smallest absolute Gasteiger partial charge is 0.239 e. The highest BCUT2D eigenvalue weighted by Crippen LogP contribution is 2.44. The third-order valence-electron chi connectivity index (χ3n) is 5.64. The second-order valence-corrected chi connectivity index (χ2v) is 8.57. The van der Waals surface area contributed by atoms with E-state index in [0.717, 1.165) is 31.6 Å². The zero-order chi connectivity index (χ0) is 24.1. The number of aromatic hydroxyl groups is 2. The van der Waals surface area contributed by atoms with Crippen molar-refractivity contribution < 1.29 is 19.5 Å². The number of anilines is 1. The highest BCUT2D eigenvalue weighted by molar-refractivity contribution is 5.97. The van der Waals surface area contributed by atoms with Crippen LogP contribution in [0.2, 0.25) is 0 Å². The van der Waals surface area contributed by atoms with Crippen LogP contribution < -0.4 is 5.32 Å². The SMILES string of the molecule is CCCN(CC)Cc1ccc(-c2c(-c3cc(C(C)C)c(O)cc3O)noc2NC(C)=O)cc1. The number of benzene rings is 2. The van der Waals surface area contributed by atoms with Crippen molar-refractivity contribution in [2.45, 2.75) is 53.5 Å². The van der Waals surface area contributed by atoms with Crippen LogP contribution in [0.15, 0.2) is 40.9 Å². The number of phenolic OH excluding ortho intramolecular Hbond substituents is 2. The number of aromatic nitrogens is 1. The number of nitrogens with one attached hydrogen (secondary N) is 1. The number of amides is 1. The third kappa shape index (κ3) is 5.54. The molecule has 0 bridgehead atoms. The van der Waals surface area contributed by atoms with Crippen molar-refractivity contribution in [2.24, 2.45) is 0 Å². The van der Waals surface area contributed by atoms with Gasteiger partial charge in [0, 0.05) is 25.1 Å². The molecule has 0 spiro atoms. The molecule has 0 unspecified atom stereocenters. The van der Waals surface area contributed by atoms with Crippen LogP contribution in [0.25, 0.3) is 22.4 Å². The molecule has 0 fully saturated rings. The fourth-order valence-electron chi connectivity index (χ4n) is 3.93. The number of carbonyl (C=O) groups is 1. The van der Waals surface area contributed by atoms with E-state index < -0.39 is 0 Å². The average Bonchev–Trinajstić information content (AvgIpc) is 3.16. The Balaban J connectivity index is 2.08. The van der Waals surface area contributed by atoms with Crippen molar-refractivity contribution >= 4 is 11.8 Å². The molecule has 3 N–H and O–H groups in total. The van der Waals surface area contributed by atoms with Gasteiger partial charge >= 0.3 is 0 Å². The fraction of sp³-hybridized carbons (Fsp3) is 0.385. The summed E-state index contributed by atoms with van der Waals surface area (Å²) in [5.74, 6) is -0.124. The molecular formula is C26H33N3O4. The third-order valence-corrected chi connectivity index (χ3v) is 5.64. The summed E-state index contributed by atoms with van der Waals surface area (Å²) >= 11 is 0. The lowest BCUT2D eigenvalue weighted by molar-refractivity contribution is -0.114. The Morgan fingerprint density at radius 1 is 1.12 bits per heavy atom. The maximum absolute atomic E-state index is 11.8. The van der Waals surface area contributed by atoms with E-state index in [0.29, 0.717) is 22.4 Å². The van der Waals surface area contributed by atoms with Gasteiger partial charge in [0.1, 0.15) is 17.2 Å². The van der Waals surface area contributed by atoms with Gasteiger partial charge in [0.05, 0.1) is 5.56 Å². The summed E-state index contributed by atoms with van der Waals surface area (Å²) in [6.45, 7) is 12.5. The van der Waals surface area contributed by atoms with Crippen LogP contribution in [0, 0.1) is 0 Å². The molecule has 0 aliphatic rings. The minimum atomic E-state index is -0.286. The topological polar surface area (TPSA) is 98.8 Å². The molecule has 0 radical (unpaired) electrons. The van der Waals surface area contributed by atoms with Gasteiger partial charge in [0.2, 0.25) is 11.8 Å². The molecule has 33 heavy (non-hydrogen) atoms. The van der Waals surface area contributed by atoms with Crippen molar-refractivity contribution in [3.63, 3.8) is 0 Å². The Morgan fingerprint density at radius 3 is 2.39 bits per heavy atom. The molecule has 1 aromatic heterocycles. The van der Waals surface area contributed by atoms with Crippen LogP contribution in [0.1, 0.15) is 58.1 Å². The molecular weight excluding hydrogens is 418 g/mol. The Morgan fingerprint density at radius 2 is 1.82 bits per heavy atom. The van der Waals surface area contributed by atoms with Gasteiger partial charge in [0.15, 0.2) is 0 Å². The van der Waals surface area contributed by atoms with Crippen molar-refractivity contribution in [1.29, 1.82) is 0 Å². The van der Waals surface area contributed by atoms with Crippen LogP contribution in [0.4, 0.5) is 5.88 Å². The van der Waals surface area contributed by atoms with Crippen LogP contribution in [-0.4, -0.2) is 39.3 Å². The standard InChI is InChI=1S/C26H33N3O4/c1-6-12-29(7-2)15-18-8-10-19(11-9-18)24-25(28-33-26(24)27-17(5)30)21-13-20(16(3)4)22(31)14-23(21)32/h8-11,13-14,16,31-32H,6-7,12,15H2,1-5H3,(H,27,30). The Labute approximate surface area is 195 Å². The van der Waals surface area contributed by atoms with Crippen LogP contribution in [0.3, 0.4) is 0 Å². The number of carbonyl (C=O) groups excluding carboxylic acids is 1. The maximum atomic E-state index is 11.8. The van der Waals surface area contributed by atoms with E-state index in [9.17, 15) is 15.0 Å². The molecule has 0 atom stereocenters. The number of phenols is 2. The van der Waals surface area contributed by atoms with Gasteiger partial charge in [-0.1, -0.05) is 57.1 Å². The summed E-state index contributed by atoms with van der Waals surface area (Å²) in [4.78, 5) is 14.2. The van der Waals surface area contributed by atoms with E-state index in [1.165, 1.54) is 18.6 Å². The van der Waals surface area contributed by atoms with Gasteiger partial charge in [-0.3, -0.25) is 15.0 Å². The lowest BCUT2D eigenvalue weighted by Crippen LogP contribution is -2.23. The molecule has 176 valence electrons. The van der Waals surface area contributed by atoms with Gasteiger partial charge in [-0.15, -0.1) is 0 Å². The minimum absolute atomic E-state index is 0.0234. The van der Waals surface area contributed by atoms with Gasteiger partial charge in [-0.05, 0) is 48.2 Å². The normalized spacial score (nSPS) is 11.4. The largest absolute Gasteiger partial charge is 0.508 e. The monoisotopic (exact) mass is 451 g/mol. The number of hydrogen-bond acceptors (Lipinski definition) is 6. The van der Waals surface area contributed by atoms with E-state index >= 15 is 0 Å². The molecule has 0 saturated heterocycles. The first-order valence-electron chi connectivity index (χ1n) is 11.4. The molecule has 0 saturated carbocycles. The summed E-state index contributed by atoms with van der Waals surface area (Å²) in [6.07, 6.45) is 1.10. The van der Waals surface area contributed by atoms with Crippen LogP contribution in [-0.2, 0) is 11.3 Å². The molecule has 2 aromatic carbocycles. The molecule has 3 aromatic rings. The predicted octanol–water partition coefficient (Wildman–Crippen LogP) is 5.73. The molecule has 0 aliphatic carbocycles. The first-order chi connectivity index (χ1) is 15.7. The highest BCUT2D eigenvalue weighted by Gasteiger charge is 2.24. The van der Waals surface area contributed by atoms with Gasteiger partial charge < -0.3 is 14.7 Å². The number of rotatable bonds is 9. The summed E-state index contributed by atoms with van der Waals surface area (Å²) in [6, 6.07) is 11.1. The molecule has 1 amide bonds. The van der Waals surface area contributed by atoms with Crippen LogP contribution >= 0.6 is 0 Å². The summed E-state index contributed by atoms with van der Waals surface area (Å²) < 4.78 is 5.48. The van der Waals surface area contributed by atoms with Crippen molar-refractivity contribution in [3.8, 4) is 33.9 Å². The second-order valence-electron chi connectivity index (χ2n) is 8.57. The second kappa shape index (κ2) is 10.5. The van der Waals surface area contributed by atoms with Gasteiger partial charge in [-0.25, -0.2) is 0 Å². The molecule has 7 heteroatoms. The zero-order valence-corrected chi connectivity index (χ0v) is 20.0. The average molecular weight is 452 g/mol. The van der Waals surface area contributed by atoms with E-state index in [-0.39, 0.29) is 29.2 Å². The maximum Gasteiger partial charge on any atom is 0.239 e. The minimum Gasteiger partial charge on any atom is -0.508 e. The summed E-state index contributed by atoms with van der Waals surface area (Å²) in [7, 11) is 0. The number of nitrogens with zero attached hydrogens (tertiary/aromatic N) is 2. The lowest BCUT2D eigenvalue weighted by Gasteiger charge is -2.19. The number of hydrogen-bond donors (Lipinski definition) is 3. The van der Waals surface area contributed by atoms with E-state index in [4.69, 9.17) is 4.52 Å². The molecule has 7 nitrogen and oxygen atoms in total. The summed E-state index contributed by atoms with van der Waals surface area (Å²) in [5.41, 5.74) is 4.07.